The van der Waals surface area contributed by atoms with E-state index in [9.17, 15) is 4.79 Å². The summed E-state index contributed by atoms with van der Waals surface area (Å²) in [7, 11) is 0. The molecule has 1 fully saturated rings. The summed E-state index contributed by atoms with van der Waals surface area (Å²) in [5.41, 5.74) is 6.25. The van der Waals surface area contributed by atoms with E-state index in [1.54, 1.807) is 11.8 Å². The molecule has 1 aliphatic heterocycles. The summed E-state index contributed by atoms with van der Waals surface area (Å²) in [4.78, 5) is 14.7. The molecule has 1 saturated heterocycles. The van der Waals surface area contributed by atoms with Gasteiger partial charge < -0.3 is 4.90 Å². The second-order valence-electron chi connectivity index (χ2n) is 9.16. The highest BCUT2D eigenvalue weighted by Gasteiger charge is 2.21. The molecule has 0 atom stereocenters. The van der Waals surface area contributed by atoms with Crippen LogP contribution in [0.5, 0.6) is 0 Å². The van der Waals surface area contributed by atoms with Crippen LogP contribution in [0.4, 0.5) is 0 Å². The van der Waals surface area contributed by atoms with Crippen molar-refractivity contribution < 1.29 is 4.79 Å². The largest absolute Gasteiger partial charge is 0.339 e. The summed E-state index contributed by atoms with van der Waals surface area (Å²) in [6, 6.07) is 30.8. The summed E-state index contributed by atoms with van der Waals surface area (Å²) < 4.78 is 0. The summed E-state index contributed by atoms with van der Waals surface area (Å²) in [5, 5.41) is 9.74. The molecule has 0 bridgehead atoms. The summed E-state index contributed by atoms with van der Waals surface area (Å²) in [5.74, 6) is 1.65. The number of likely N-dealkylation sites (tertiary alicyclic amines) is 1. The number of carbonyl (C=O) groups excluding carboxylic acids is 1. The highest BCUT2D eigenvalue weighted by Crippen LogP contribution is 2.26. The van der Waals surface area contributed by atoms with Gasteiger partial charge in [0.25, 0.3) is 5.91 Å². The fourth-order valence-corrected chi connectivity index (χ4v) is 5.08. The van der Waals surface area contributed by atoms with E-state index in [-0.39, 0.29) is 5.91 Å². The van der Waals surface area contributed by atoms with Gasteiger partial charge in [0.1, 0.15) is 5.03 Å². The number of hydrogen-bond acceptors (Lipinski definition) is 4. The van der Waals surface area contributed by atoms with Gasteiger partial charge in [-0.3, -0.25) is 4.79 Å². The van der Waals surface area contributed by atoms with Crippen LogP contribution >= 0.6 is 11.8 Å². The zero-order valence-electron chi connectivity index (χ0n) is 19.9. The number of nitrogens with zero attached hydrogens (tertiary/aromatic N) is 3. The first-order valence-corrected chi connectivity index (χ1v) is 13.1. The molecule has 35 heavy (non-hydrogen) atoms. The van der Waals surface area contributed by atoms with E-state index < -0.39 is 0 Å². The van der Waals surface area contributed by atoms with Crippen LogP contribution in [0.1, 0.15) is 35.7 Å². The molecule has 2 heterocycles. The average Bonchev–Trinajstić information content (AvgIpc) is 2.93. The van der Waals surface area contributed by atoms with Crippen LogP contribution in [0.2, 0.25) is 0 Å². The smallest absolute Gasteiger partial charge is 0.253 e. The lowest BCUT2D eigenvalue weighted by molar-refractivity contribution is 0.0697. The van der Waals surface area contributed by atoms with Crippen LogP contribution in [0.15, 0.2) is 96.0 Å². The number of aromatic nitrogens is 2. The zero-order valence-corrected chi connectivity index (χ0v) is 20.7. The number of amides is 1. The average molecular weight is 480 g/mol. The molecular formula is C30H29N3OS. The molecule has 4 aromatic rings. The summed E-state index contributed by atoms with van der Waals surface area (Å²) in [6.07, 6.45) is 2.19. The Morgan fingerprint density at radius 1 is 0.800 bits per heavy atom. The van der Waals surface area contributed by atoms with Crippen molar-refractivity contribution in [2.75, 3.05) is 13.1 Å². The lowest BCUT2D eigenvalue weighted by Gasteiger charge is -2.30. The second-order valence-corrected chi connectivity index (χ2v) is 10.2. The third kappa shape index (κ3) is 5.80. The molecule has 1 aliphatic rings. The first-order chi connectivity index (χ1) is 17.2. The second kappa shape index (κ2) is 10.9. The highest BCUT2D eigenvalue weighted by molar-refractivity contribution is 7.98. The van der Waals surface area contributed by atoms with Gasteiger partial charge in [0.05, 0.1) is 5.69 Å². The molecule has 176 valence electrons. The van der Waals surface area contributed by atoms with Crippen molar-refractivity contribution in [1.82, 2.24) is 15.1 Å². The van der Waals surface area contributed by atoms with Crippen molar-refractivity contribution in [3.8, 4) is 22.4 Å². The van der Waals surface area contributed by atoms with Crippen LogP contribution in [0, 0.1) is 5.92 Å². The Labute approximate surface area is 211 Å². The summed E-state index contributed by atoms with van der Waals surface area (Å²) in [6.45, 7) is 3.99. The third-order valence-electron chi connectivity index (χ3n) is 6.59. The van der Waals surface area contributed by atoms with Gasteiger partial charge in [-0.2, -0.15) is 0 Å². The highest BCUT2D eigenvalue weighted by atomic mass is 32.2. The van der Waals surface area contributed by atoms with E-state index in [4.69, 9.17) is 0 Å². The molecule has 0 aliphatic carbocycles. The van der Waals surface area contributed by atoms with Crippen molar-refractivity contribution in [1.29, 1.82) is 0 Å². The molecule has 1 aromatic heterocycles. The molecule has 0 unspecified atom stereocenters. The van der Waals surface area contributed by atoms with Gasteiger partial charge in [-0.15, -0.1) is 10.2 Å². The Morgan fingerprint density at radius 3 is 2.11 bits per heavy atom. The Hall–Kier alpha value is -3.44. The predicted molar refractivity (Wildman–Crippen MR) is 143 cm³/mol. The van der Waals surface area contributed by atoms with Crippen LogP contribution in [0.3, 0.4) is 0 Å². The van der Waals surface area contributed by atoms with Crippen LogP contribution in [-0.4, -0.2) is 34.1 Å². The first-order valence-electron chi connectivity index (χ1n) is 12.2. The number of hydrogen-bond donors (Lipinski definition) is 0. The van der Waals surface area contributed by atoms with Crippen molar-refractivity contribution in [2.24, 2.45) is 5.92 Å². The van der Waals surface area contributed by atoms with Crippen LogP contribution in [-0.2, 0) is 5.75 Å². The quantitative estimate of drug-likeness (QED) is 0.280. The standard InChI is InChI=1S/C30H29N3OS/c1-22-17-19-33(20-18-22)30(34)27-9-7-23(8-10-27)21-35-29-16-15-28(31-32-29)26-13-11-25(12-14-26)24-5-3-2-4-6-24/h2-16,22H,17-21H2,1H3. The normalized spacial score (nSPS) is 14.1. The van der Waals surface area contributed by atoms with Crippen LogP contribution < -0.4 is 0 Å². The minimum Gasteiger partial charge on any atom is -0.339 e. The Morgan fingerprint density at radius 2 is 1.46 bits per heavy atom. The lowest BCUT2D eigenvalue weighted by Crippen LogP contribution is -2.37. The SMILES string of the molecule is CC1CCN(C(=O)c2ccc(CSc3ccc(-c4ccc(-c5ccccc5)cc4)nn3)cc2)CC1. The number of benzene rings is 3. The van der Waals surface area contributed by atoms with E-state index in [2.05, 4.69) is 65.7 Å². The van der Waals surface area contributed by atoms with Crippen molar-refractivity contribution in [3.63, 3.8) is 0 Å². The van der Waals surface area contributed by atoms with E-state index in [1.165, 1.54) is 16.7 Å². The summed E-state index contributed by atoms with van der Waals surface area (Å²) >= 11 is 1.65. The van der Waals surface area contributed by atoms with Gasteiger partial charge >= 0.3 is 0 Å². The predicted octanol–water partition coefficient (Wildman–Crippen LogP) is 6.98. The van der Waals surface area contributed by atoms with Crippen LogP contribution in [0.25, 0.3) is 22.4 Å². The number of thioether (sulfide) groups is 1. The number of carbonyl (C=O) groups is 1. The van der Waals surface area contributed by atoms with Crippen molar-refractivity contribution in [3.05, 3.63) is 102 Å². The molecule has 0 saturated carbocycles. The maximum absolute atomic E-state index is 12.7. The molecule has 5 rings (SSSR count). The van der Waals surface area contributed by atoms with Gasteiger partial charge in [0.15, 0.2) is 0 Å². The van der Waals surface area contributed by atoms with E-state index in [1.807, 2.05) is 47.4 Å². The fraction of sp³-hybridized carbons (Fsp3) is 0.233. The fourth-order valence-electron chi connectivity index (χ4n) is 4.31. The van der Waals surface area contributed by atoms with E-state index in [0.717, 1.165) is 59.4 Å². The third-order valence-corrected chi connectivity index (χ3v) is 7.58. The van der Waals surface area contributed by atoms with E-state index >= 15 is 0 Å². The Bertz CT molecular complexity index is 1250. The molecule has 5 heteroatoms. The number of piperidine rings is 1. The van der Waals surface area contributed by atoms with Gasteiger partial charge in [-0.25, -0.2) is 0 Å². The van der Waals surface area contributed by atoms with Crippen molar-refractivity contribution >= 4 is 17.7 Å². The molecule has 0 N–H and O–H groups in total. The molecule has 3 aromatic carbocycles. The molecule has 1 amide bonds. The van der Waals surface area contributed by atoms with Gasteiger partial charge in [0, 0.05) is 30.0 Å². The maximum atomic E-state index is 12.7. The Kier molecular flexibility index (Phi) is 7.24. The minimum atomic E-state index is 0.148. The van der Waals surface area contributed by atoms with E-state index in [0.29, 0.717) is 0 Å². The topological polar surface area (TPSA) is 46.1 Å². The Balaban J connectivity index is 1.16. The van der Waals surface area contributed by atoms with Gasteiger partial charge in [-0.05, 0) is 59.7 Å². The molecule has 4 nitrogen and oxygen atoms in total. The first kappa shape index (κ1) is 23.3. The monoisotopic (exact) mass is 479 g/mol. The zero-order chi connectivity index (χ0) is 24.0. The lowest BCUT2D eigenvalue weighted by atomic mass is 9.98. The van der Waals surface area contributed by atoms with Crippen molar-refractivity contribution in [2.45, 2.75) is 30.5 Å². The van der Waals surface area contributed by atoms with Gasteiger partial charge in [0.2, 0.25) is 0 Å². The minimum absolute atomic E-state index is 0.148. The maximum Gasteiger partial charge on any atom is 0.253 e. The molecular weight excluding hydrogens is 450 g/mol. The van der Waals surface area contributed by atoms with Gasteiger partial charge in [-0.1, -0.05) is 85.4 Å². The number of rotatable bonds is 6. The molecule has 0 radical (unpaired) electrons. The molecule has 0 spiro atoms.